The summed E-state index contributed by atoms with van der Waals surface area (Å²) in [6.45, 7) is 4.53. The second-order valence-corrected chi connectivity index (χ2v) is 6.67. The molecule has 0 atom stereocenters. The Balaban J connectivity index is 0.000000224. The number of fused-ring (bicyclic) bond motifs is 2. The van der Waals surface area contributed by atoms with Crippen molar-refractivity contribution in [2.24, 2.45) is 0 Å². The van der Waals surface area contributed by atoms with Crippen molar-refractivity contribution in [3.05, 3.63) is 62.1 Å². The molecule has 12 nitrogen and oxygen atoms in total. The van der Waals surface area contributed by atoms with Gasteiger partial charge in [0.2, 0.25) is 11.8 Å². The second-order valence-electron chi connectivity index (χ2n) is 6.67. The first-order valence-corrected chi connectivity index (χ1v) is 10.5. The molecule has 0 radical (unpaired) electrons. The Labute approximate surface area is 194 Å². The lowest BCUT2D eigenvalue weighted by Gasteiger charge is -2.17. The van der Waals surface area contributed by atoms with E-state index in [2.05, 4.69) is 19.4 Å². The molecule has 0 bridgehead atoms. The van der Waals surface area contributed by atoms with Gasteiger partial charge in [-0.05, 0) is 25.0 Å². The van der Waals surface area contributed by atoms with E-state index in [4.69, 9.17) is 0 Å². The van der Waals surface area contributed by atoms with Gasteiger partial charge in [0.25, 0.3) is 11.1 Å². The van der Waals surface area contributed by atoms with Crippen LogP contribution in [-0.2, 0) is 22.4 Å². The molecule has 0 saturated heterocycles. The fourth-order valence-electron chi connectivity index (χ4n) is 3.20. The Morgan fingerprint density at radius 2 is 1.50 bits per heavy atom. The van der Waals surface area contributed by atoms with E-state index in [-0.39, 0.29) is 11.2 Å². The van der Waals surface area contributed by atoms with E-state index < -0.39 is 40.4 Å². The molecular weight excluding hydrogens is 448 g/mol. The van der Waals surface area contributed by atoms with Gasteiger partial charge in [-0.2, -0.15) is 9.97 Å². The highest BCUT2D eigenvalue weighted by atomic mass is 16.5. The van der Waals surface area contributed by atoms with Crippen LogP contribution in [0.4, 0.5) is 0 Å². The molecule has 34 heavy (non-hydrogen) atoms. The third-order valence-electron chi connectivity index (χ3n) is 4.76. The van der Waals surface area contributed by atoms with Crippen LogP contribution in [0.15, 0.2) is 34.0 Å². The van der Waals surface area contributed by atoms with E-state index in [1.54, 1.807) is 18.2 Å². The number of carbonyl (C=O) groups is 2. The van der Waals surface area contributed by atoms with Crippen LogP contribution < -0.4 is 11.1 Å². The van der Waals surface area contributed by atoms with Crippen molar-refractivity contribution in [3.63, 3.8) is 0 Å². The van der Waals surface area contributed by atoms with E-state index in [0.29, 0.717) is 18.8 Å². The lowest BCUT2D eigenvalue weighted by atomic mass is 10.1. The molecular formula is C22H26N4O8. The number of aromatic hydroxyl groups is 2. The zero-order valence-corrected chi connectivity index (χ0v) is 19.3. The van der Waals surface area contributed by atoms with Crippen LogP contribution in [0.1, 0.15) is 53.2 Å². The van der Waals surface area contributed by atoms with E-state index >= 15 is 0 Å². The summed E-state index contributed by atoms with van der Waals surface area (Å²) in [7, 11) is 2.28. The van der Waals surface area contributed by atoms with Gasteiger partial charge in [0, 0.05) is 19.2 Å². The zero-order valence-electron chi connectivity index (χ0n) is 19.3. The minimum absolute atomic E-state index is 0.262. The Kier molecular flexibility index (Phi) is 8.87. The largest absolute Gasteiger partial charge is 0.492 e. The standard InChI is InChI=1S/C10H12N2O4.C10H8N2O4.C2H6/c2*1-16-10(15)7-8(13)11-6-4-2-3-5-12(6)9(7)14;1-2/h13H,2-5H2,1H3;2-5,13H,1H3;1-2H3. The van der Waals surface area contributed by atoms with E-state index in [0.717, 1.165) is 31.5 Å². The summed E-state index contributed by atoms with van der Waals surface area (Å²) in [4.78, 5) is 53.9. The maximum absolute atomic E-state index is 11.9. The molecule has 0 unspecified atom stereocenters. The molecule has 2 N–H and O–H groups in total. The second kappa shape index (κ2) is 11.6. The first-order valence-electron chi connectivity index (χ1n) is 10.5. The van der Waals surface area contributed by atoms with Crippen LogP contribution in [0.5, 0.6) is 11.8 Å². The Hall–Kier alpha value is -4.22. The normalized spacial score (nSPS) is 11.8. The summed E-state index contributed by atoms with van der Waals surface area (Å²) in [5, 5.41) is 19.0. The summed E-state index contributed by atoms with van der Waals surface area (Å²) in [5.74, 6) is -2.39. The van der Waals surface area contributed by atoms with Gasteiger partial charge in [-0.1, -0.05) is 19.9 Å². The zero-order chi connectivity index (χ0) is 25.4. The molecule has 1 aliphatic rings. The smallest absolute Gasteiger partial charge is 0.349 e. The first-order chi connectivity index (χ1) is 16.3. The molecule has 0 aliphatic carbocycles. The minimum Gasteiger partial charge on any atom is -0.492 e. The quantitative estimate of drug-likeness (QED) is 0.517. The maximum atomic E-state index is 11.9. The third kappa shape index (κ3) is 5.22. The SMILES string of the molecule is CC.COC(=O)c1c(O)nc2ccccn2c1=O.COC(=O)c1c(O)nc2n(c1=O)CCCC2. The molecule has 3 aromatic heterocycles. The van der Waals surface area contributed by atoms with Crippen LogP contribution >= 0.6 is 0 Å². The highest BCUT2D eigenvalue weighted by Gasteiger charge is 2.24. The predicted octanol–water partition coefficient (Wildman–Crippen LogP) is 1.28. The van der Waals surface area contributed by atoms with Gasteiger partial charge in [0.15, 0.2) is 11.1 Å². The summed E-state index contributed by atoms with van der Waals surface area (Å²) >= 11 is 0. The number of carbonyl (C=O) groups excluding carboxylic acids is 2. The van der Waals surface area contributed by atoms with Crippen LogP contribution in [0.25, 0.3) is 5.65 Å². The van der Waals surface area contributed by atoms with Crippen LogP contribution in [0.2, 0.25) is 0 Å². The van der Waals surface area contributed by atoms with E-state index in [9.17, 15) is 29.4 Å². The number of methoxy groups -OCH3 is 2. The number of hydrogen-bond acceptors (Lipinski definition) is 10. The van der Waals surface area contributed by atoms with Crippen molar-refractivity contribution in [1.82, 2.24) is 18.9 Å². The van der Waals surface area contributed by atoms with Gasteiger partial charge >= 0.3 is 11.9 Å². The van der Waals surface area contributed by atoms with Gasteiger partial charge in [-0.15, -0.1) is 0 Å². The van der Waals surface area contributed by atoms with E-state index in [1.165, 1.54) is 10.8 Å². The number of esters is 2. The Morgan fingerprint density at radius 3 is 2.12 bits per heavy atom. The molecule has 0 spiro atoms. The van der Waals surface area contributed by atoms with Crippen molar-refractivity contribution in [3.8, 4) is 11.8 Å². The molecule has 12 heteroatoms. The molecule has 3 aromatic rings. The van der Waals surface area contributed by atoms with Gasteiger partial charge in [0.05, 0.1) is 14.2 Å². The fraction of sp³-hybridized carbons (Fsp3) is 0.364. The number of aromatic nitrogens is 4. The van der Waals surface area contributed by atoms with Crippen LogP contribution in [-0.4, -0.2) is 55.3 Å². The predicted molar refractivity (Wildman–Crippen MR) is 120 cm³/mol. The average molecular weight is 474 g/mol. The summed E-state index contributed by atoms with van der Waals surface area (Å²) < 4.78 is 11.4. The third-order valence-corrected chi connectivity index (χ3v) is 4.76. The minimum atomic E-state index is -0.909. The molecule has 0 fully saturated rings. The number of nitrogens with zero attached hydrogens (tertiary/aromatic N) is 4. The number of aryl methyl sites for hydroxylation is 1. The van der Waals surface area contributed by atoms with E-state index in [1.807, 2.05) is 13.8 Å². The highest BCUT2D eigenvalue weighted by molar-refractivity contribution is 5.91. The van der Waals surface area contributed by atoms with Crippen molar-refractivity contribution >= 4 is 17.6 Å². The molecule has 0 aromatic carbocycles. The van der Waals surface area contributed by atoms with Gasteiger partial charge in [-0.25, -0.2) is 9.59 Å². The topological polar surface area (TPSA) is 162 Å². The van der Waals surface area contributed by atoms with Crippen molar-refractivity contribution in [1.29, 1.82) is 0 Å². The lowest BCUT2D eigenvalue weighted by molar-refractivity contribution is 0.0584. The Morgan fingerprint density at radius 1 is 0.912 bits per heavy atom. The summed E-state index contributed by atoms with van der Waals surface area (Å²) in [6.07, 6.45) is 3.91. The Bertz CT molecular complexity index is 1310. The monoisotopic (exact) mass is 474 g/mol. The summed E-state index contributed by atoms with van der Waals surface area (Å²) in [6, 6.07) is 4.83. The molecule has 4 rings (SSSR count). The fourth-order valence-corrected chi connectivity index (χ4v) is 3.20. The first kappa shape index (κ1) is 26.0. The molecule has 1 aliphatic heterocycles. The van der Waals surface area contributed by atoms with Crippen molar-refractivity contribution < 1.29 is 29.3 Å². The molecule has 0 amide bonds. The van der Waals surface area contributed by atoms with Crippen LogP contribution in [0, 0.1) is 0 Å². The lowest BCUT2D eigenvalue weighted by Crippen LogP contribution is -2.32. The van der Waals surface area contributed by atoms with Crippen molar-refractivity contribution in [2.45, 2.75) is 39.7 Å². The van der Waals surface area contributed by atoms with Crippen molar-refractivity contribution in [2.75, 3.05) is 14.2 Å². The number of hydrogen-bond donors (Lipinski definition) is 2. The number of pyridine rings is 1. The van der Waals surface area contributed by atoms with Gasteiger partial charge < -0.3 is 19.7 Å². The number of ether oxygens (including phenoxy) is 2. The highest BCUT2D eigenvalue weighted by Crippen LogP contribution is 2.16. The molecule has 0 saturated carbocycles. The summed E-state index contributed by atoms with van der Waals surface area (Å²) in [5.41, 5.74) is -1.76. The van der Waals surface area contributed by atoms with Crippen LogP contribution in [0.3, 0.4) is 0 Å². The average Bonchev–Trinajstić information content (AvgIpc) is 2.85. The molecule has 182 valence electrons. The maximum Gasteiger partial charge on any atom is 0.349 e. The van der Waals surface area contributed by atoms with Gasteiger partial charge in [0.1, 0.15) is 11.5 Å². The molecule has 4 heterocycles. The number of rotatable bonds is 2. The van der Waals surface area contributed by atoms with Gasteiger partial charge in [-0.3, -0.25) is 18.6 Å².